The van der Waals surface area contributed by atoms with Crippen molar-refractivity contribution >= 4 is 34.2 Å². The van der Waals surface area contributed by atoms with Gasteiger partial charge < -0.3 is 9.80 Å². The van der Waals surface area contributed by atoms with Gasteiger partial charge in [-0.15, -0.1) is 0 Å². The van der Waals surface area contributed by atoms with Crippen LogP contribution in [0.3, 0.4) is 0 Å². The van der Waals surface area contributed by atoms with Gasteiger partial charge in [0.2, 0.25) is 0 Å². The van der Waals surface area contributed by atoms with Crippen LogP contribution in [-0.2, 0) is 6.54 Å². The van der Waals surface area contributed by atoms with Crippen LogP contribution in [0, 0.1) is 5.92 Å². The molecule has 4 rings (SSSR count). The van der Waals surface area contributed by atoms with E-state index in [2.05, 4.69) is 5.10 Å². The zero-order valence-electron chi connectivity index (χ0n) is 18.1. The van der Waals surface area contributed by atoms with Gasteiger partial charge in [-0.3, -0.25) is 14.4 Å². The minimum Gasteiger partial charge on any atom is -0.335 e. The Morgan fingerprint density at radius 3 is 2.06 bits per heavy atom. The molecule has 0 aliphatic carbocycles. The molecule has 166 valence electrons. The highest BCUT2D eigenvalue weighted by Gasteiger charge is 2.28. The zero-order chi connectivity index (χ0) is 22.8. The molecule has 0 spiro atoms. The summed E-state index contributed by atoms with van der Waals surface area (Å²) >= 11 is 5.91. The third kappa shape index (κ3) is 4.39. The number of rotatable bonds is 4. The van der Waals surface area contributed by atoms with Crippen LogP contribution in [0.15, 0.2) is 53.3 Å². The number of nitrogens with zero attached hydrogens (tertiary/aromatic N) is 4. The largest absolute Gasteiger partial charge is 0.335 e. The fourth-order valence-electron chi connectivity index (χ4n) is 3.90. The SMILES string of the molecule is CC(C)Cn1nc(C(=O)N2CCN(C(=O)c3ccc(Cl)cc3)CC2)c2ccccc2c1=O. The first kappa shape index (κ1) is 22.0. The summed E-state index contributed by atoms with van der Waals surface area (Å²) in [4.78, 5) is 42.4. The fraction of sp³-hybridized carbons (Fsp3) is 0.333. The number of aromatic nitrogens is 2. The molecule has 1 saturated heterocycles. The Balaban J connectivity index is 1.55. The number of benzene rings is 2. The van der Waals surface area contributed by atoms with Crippen LogP contribution in [0.25, 0.3) is 10.8 Å². The maximum Gasteiger partial charge on any atom is 0.275 e. The van der Waals surface area contributed by atoms with Crippen molar-refractivity contribution < 1.29 is 9.59 Å². The van der Waals surface area contributed by atoms with Crippen molar-refractivity contribution in [3.63, 3.8) is 0 Å². The molecule has 8 heteroatoms. The average molecular weight is 453 g/mol. The second kappa shape index (κ2) is 9.12. The Kier molecular flexibility index (Phi) is 6.28. The first-order valence-electron chi connectivity index (χ1n) is 10.7. The van der Waals surface area contributed by atoms with E-state index >= 15 is 0 Å². The smallest absolute Gasteiger partial charge is 0.275 e. The molecule has 2 aromatic carbocycles. The van der Waals surface area contributed by atoms with E-state index in [1.54, 1.807) is 58.3 Å². The van der Waals surface area contributed by atoms with Crippen molar-refractivity contribution in [2.75, 3.05) is 26.2 Å². The minimum atomic E-state index is -0.225. The van der Waals surface area contributed by atoms with Gasteiger partial charge in [0.25, 0.3) is 17.4 Å². The summed E-state index contributed by atoms with van der Waals surface area (Å²) in [7, 11) is 0. The molecule has 0 radical (unpaired) electrons. The number of amides is 2. The first-order valence-corrected chi connectivity index (χ1v) is 11.1. The third-order valence-corrected chi connectivity index (χ3v) is 5.81. The normalized spacial score (nSPS) is 14.2. The van der Waals surface area contributed by atoms with Crippen molar-refractivity contribution in [3.05, 3.63) is 75.2 Å². The van der Waals surface area contributed by atoms with Gasteiger partial charge in [-0.05, 0) is 36.2 Å². The second-order valence-corrected chi connectivity index (χ2v) is 8.80. The van der Waals surface area contributed by atoms with Crippen LogP contribution in [0.5, 0.6) is 0 Å². The number of hydrogen-bond donors (Lipinski definition) is 0. The van der Waals surface area contributed by atoms with E-state index in [0.717, 1.165) is 0 Å². The Bertz CT molecular complexity index is 1210. The molecule has 1 aliphatic heterocycles. The topological polar surface area (TPSA) is 75.5 Å². The Hall–Kier alpha value is -3.19. The highest BCUT2D eigenvalue weighted by Crippen LogP contribution is 2.18. The standard InChI is InChI=1S/C24H25ClN4O3/c1-16(2)15-29-23(31)20-6-4-3-5-19(20)21(26-29)24(32)28-13-11-27(12-14-28)22(30)17-7-9-18(25)10-8-17/h3-10,16H,11-15H2,1-2H3. The van der Waals surface area contributed by atoms with E-state index < -0.39 is 0 Å². The Morgan fingerprint density at radius 2 is 1.47 bits per heavy atom. The average Bonchev–Trinajstić information content (AvgIpc) is 2.80. The molecule has 1 aromatic heterocycles. The highest BCUT2D eigenvalue weighted by atomic mass is 35.5. The van der Waals surface area contributed by atoms with Gasteiger partial charge in [-0.25, -0.2) is 4.68 Å². The second-order valence-electron chi connectivity index (χ2n) is 8.37. The summed E-state index contributed by atoms with van der Waals surface area (Å²) in [6.45, 7) is 6.10. The summed E-state index contributed by atoms with van der Waals surface area (Å²) in [5.41, 5.74) is 0.658. The third-order valence-electron chi connectivity index (χ3n) is 5.55. The van der Waals surface area contributed by atoms with Crippen LogP contribution in [0.1, 0.15) is 34.7 Å². The minimum absolute atomic E-state index is 0.0807. The molecule has 0 bridgehead atoms. The molecule has 0 unspecified atom stereocenters. The van der Waals surface area contributed by atoms with Gasteiger partial charge in [0.1, 0.15) is 0 Å². The maximum atomic E-state index is 13.4. The molecule has 0 N–H and O–H groups in total. The van der Waals surface area contributed by atoms with Gasteiger partial charge in [-0.1, -0.05) is 43.6 Å². The molecule has 7 nitrogen and oxygen atoms in total. The van der Waals surface area contributed by atoms with E-state index in [1.807, 2.05) is 13.8 Å². The monoisotopic (exact) mass is 452 g/mol. The van der Waals surface area contributed by atoms with Crippen LogP contribution >= 0.6 is 11.6 Å². The molecule has 32 heavy (non-hydrogen) atoms. The summed E-state index contributed by atoms with van der Waals surface area (Å²) < 4.78 is 1.39. The van der Waals surface area contributed by atoms with Crippen LogP contribution in [0.2, 0.25) is 5.02 Å². The number of halogens is 1. The van der Waals surface area contributed by atoms with E-state index in [1.165, 1.54) is 4.68 Å². The van der Waals surface area contributed by atoms with Gasteiger partial charge in [-0.2, -0.15) is 5.10 Å². The molecule has 2 amide bonds. The van der Waals surface area contributed by atoms with E-state index in [4.69, 9.17) is 11.6 Å². The molecule has 0 atom stereocenters. The number of piperazine rings is 1. The predicted molar refractivity (Wildman–Crippen MR) is 124 cm³/mol. The van der Waals surface area contributed by atoms with Crippen molar-refractivity contribution in [1.29, 1.82) is 0 Å². The lowest BCUT2D eigenvalue weighted by molar-refractivity contribution is 0.0532. The lowest BCUT2D eigenvalue weighted by Gasteiger charge is -2.34. The zero-order valence-corrected chi connectivity index (χ0v) is 18.9. The number of carbonyl (C=O) groups is 2. The van der Waals surface area contributed by atoms with Crippen molar-refractivity contribution in [2.24, 2.45) is 5.92 Å². The summed E-state index contributed by atoms with van der Waals surface area (Å²) in [5.74, 6) is -0.0909. The number of fused-ring (bicyclic) bond motifs is 1. The summed E-state index contributed by atoms with van der Waals surface area (Å²) in [5, 5.41) is 6.07. The molecule has 1 aliphatic rings. The molecule has 1 fully saturated rings. The molecular weight excluding hydrogens is 428 g/mol. The summed E-state index contributed by atoms with van der Waals surface area (Å²) in [6, 6.07) is 13.9. The van der Waals surface area contributed by atoms with E-state index in [-0.39, 0.29) is 29.0 Å². The highest BCUT2D eigenvalue weighted by molar-refractivity contribution is 6.30. The van der Waals surface area contributed by atoms with E-state index in [0.29, 0.717) is 54.1 Å². The Morgan fingerprint density at radius 1 is 0.906 bits per heavy atom. The lowest BCUT2D eigenvalue weighted by Crippen LogP contribution is -2.51. The quantitative estimate of drug-likeness (QED) is 0.608. The van der Waals surface area contributed by atoms with Crippen molar-refractivity contribution in [1.82, 2.24) is 19.6 Å². The maximum absolute atomic E-state index is 13.4. The number of carbonyl (C=O) groups excluding carboxylic acids is 2. The fourth-order valence-corrected chi connectivity index (χ4v) is 4.03. The van der Waals surface area contributed by atoms with Gasteiger partial charge in [0.05, 0.1) is 5.39 Å². The van der Waals surface area contributed by atoms with Crippen molar-refractivity contribution in [3.8, 4) is 0 Å². The molecule has 2 heterocycles. The molecule has 3 aromatic rings. The molecular formula is C24H25ClN4O3. The van der Waals surface area contributed by atoms with Gasteiger partial charge >= 0.3 is 0 Å². The van der Waals surface area contributed by atoms with Crippen LogP contribution < -0.4 is 5.56 Å². The summed E-state index contributed by atoms with van der Waals surface area (Å²) in [6.07, 6.45) is 0. The first-order chi connectivity index (χ1) is 15.3. The van der Waals surface area contributed by atoms with E-state index in [9.17, 15) is 14.4 Å². The molecule has 0 saturated carbocycles. The predicted octanol–water partition coefficient (Wildman–Crippen LogP) is 3.30. The van der Waals surface area contributed by atoms with Crippen LogP contribution in [-0.4, -0.2) is 57.6 Å². The van der Waals surface area contributed by atoms with Gasteiger partial charge in [0.15, 0.2) is 5.69 Å². The lowest BCUT2D eigenvalue weighted by atomic mass is 10.1. The number of hydrogen-bond acceptors (Lipinski definition) is 4. The van der Waals surface area contributed by atoms with Crippen molar-refractivity contribution in [2.45, 2.75) is 20.4 Å². The van der Waals surface area contributed by atoms with Gasteiger partial charge in [0, 0.05) is 48.7 Å². The Labute approximate surface area is 191 Å². The van der Waals surface area contributed by atoms with Crippen LogP contribution in [0.4, 0.5) is 0 Å².